The summed E-state index contributed by atoms with van der Waals surface area (Å²) in [6.45, 7) is 3.86. The van der Waals surface area contributed by atoms with Gasteiger partial charge in [-0.05, 0) is 29.8 Å². The van der Waals surface area contributed by atoms with Gasteiger partial charge < -0.3 is 14.5 Å². The number of rotatable bonds is 4. The third kappa shape index (κ3) is 4.01. The summed E-state index contributed by atoms with van der Waals surface area (Å²) < 4.78 is 5.37. The maximum absolute atomic E-state index is 12.3. The lowest BCUT2D eigenvalue weighted by molar-refractivity contribution is 0.0778. The fourth-order valence-electron chi connectivity index (χ4n) is 2.61. The lowest BCUT2D eigenvalue weighted by atomic mass is 10.1. The largest absolute Gasteiger partial charge is 0.378 e. The van der Waals surface area contributed by atoms with Crippen LogP contribution < -0.4 is 4.90 Å². The average molecular weight is 347 g/mol. The zero-order chi connectivity index (χ0) is 16.9. The van der Waals surface area contributed by atoms with Crippen molar-refractivity contribution in [1.82, 2.24) is 15.1 Å². The number of carbonyl (C=O) groups excluding carboxylic acids is 1. The second-order valence-electron chi connectivity index (χ2n) is 5.67. The molecule has 1 amide bonds. The summed E-state index contributed by atoms with van der Waals surface area (Å²) in [5, 5.41) is 7.80. The van der Waals surface area contributed by atoms with Crippen molar-refractivity contribution < 1.29 is 9.53 Å². The first-order valence-electron chi connectivity index (χ1n) is 7.80. The van der Waals surface area contributed by atoms with Crippen molar-refractivity contribution in [2.75, 3.05) is 38.3 Å². The number of hydrogen-bond acceptors (Lipinski definition) is 5. The van der Waals surface area contributed by atoms with E-state index in [4.69, 9.17) is 16.3 Å². The fourth-order valence-corrected chi connectivity index (χ4v) is 2.71. The summed E-state index contributed by atoms with van der Waals surface area (Å²) in [4.78, 5) is 16.2. The Morgan fingerprint density at radius 2 is 1.88 bits per heavy atom. The summed E-state index contributed by atoms with van der Waals surface area (Å²) in [5.74, 6) is -0.184. The van der Waals surface area contributed by atoms with E-state index in [2.05, 4.69) is 27.2 Å². The van der Waals surface area contributed by atoms with Crippen molar-refractivity contribution >= 4 is 23.2 Å². The van der Waals surface area contributed by atoms with E-state index in [1.807, 2.05) is 12.1 Å². The third-order valence-corrected chi connectivity index (χ3v) is 4.13. The van der Waals surface area contributed by atoms with E-state index in [1.165, 1.54) is 5.69 Å². The van der Waals surface area contributed by atoms with E-state index in [0.717, 1.165) is 31.9 Å². The van der Waals surface area contributed by atoms with Crippen molar-refractivity contribution in [3.8, 4) is 0 Å². The van der Waals surface area contributed by atoms with Gasteiger partial charge in [0, 0.05) is 32.4 Å². The number of hydrogen-bond donors (Lipinski definition) is 0. The second-order valence-corrected chi connectivity index (χ2v) is 6.06. The Labute approximate surface area is 146 Å². The molecule has 1 aliphatic rings. The van der Waals surface area contributed by atoms with Gasteiger partial charge in [-0.3, -0.25) is 4.79 Å². The molecular formula is C17H19ClN4O2. The predicted octanol–water partition coefficient (Wildman–Crippen LogP) is 2.24. The van der Waals surface area contributed by atoms with Crippen LogP contribution in [0.3, 0.4) is 0 Å². The van der Waals surface area contributed by atoms with Crippen LogP contribution in [0.15, 0.2) is 36.4 Å². The van der Waals surface area contributed by atoms with E-state index >= 15 is 0 Å². The van der Waals surface area contributed by atoms with Crippen LogP contribution in [0, 0.1) is 0 Å². The number of halogens is 1. The molecule has 0 atom stereocenters. The van der Waals surface area contributed by atoms with Crippen molar-refractivity contribution in [2.24, 2.45) is 0 Å². The summed E-state index contributed by atoms with van der Waals surface area (Å²) in [6.07, 6.45) is 0. The number of amides is 1. The van der Waals surface area contributed by atoms with Crippen LogP contribution in [0.4, 0.5) is 5.69 Å². The van der Waals surface area contributed by atoms with Crippen LogP contribution in [-0.2, 0) is 11.3 Å². The van der Waals surface area contributed by atoms with Gasteiger partial charge >= 0.3 is 0 Å². The number of morpholine rings is 1. The molecule has 1 saturated heterocycles. The molecule has 126 valence electrons. The van der Waals surface area contributed by atoms with Gasteiger partial charge in [-0.15, -0.1) is 10.2 Å². The molecule has 0 saturated carbocycles. The van der Waals surface area contributed by atoms with E-state index in [0.29, 0.717) is 6.54 Å². The maximum Gasteiger partial charge on any atom is 0.274 e. The minimum Gasteiger partial charge on any atom is -0.378 e. The maximum atomic E-state index is 12.3. The Morgan fingerprint density at radius 3 is 2.50 bits per heavy atom. The molecule has 0 radical (unpaired) electrons. The van der Waals surface area contributed by atoms with Crippen molar-refractivity contribution in [2.45, 2.75) is 6.54 Å². The fraction of sp³-hybridized carbons (Fsp3) is 0.353. The monoisotopic (exact) mass is 346 g/mol. The number of ether oxygens (including phenoxy) is 1. The lowest BCUT2D eigenvalue weighted by Gasteiger charge is -2.29. The lowest BCUT2D eigenvalue weighted by Crippen LogP contribution is -2.36. The summed E-state index contributed by atoms with van der Waals surface area (Å²) >= 11 is 5.69. The zero-order valence-corrected chi connectivity index (χ0v) is 14.2. The molecule has 0 unspecified atom stereocenters. The van der Waals surface area contributed by atoms with Gasteiger partial charge in [0.15, 0.2) is 10.8 Å². The molecule has 1 aliphatic heterocycles. The number of carbonyl (C=O) groups is 1. The molecule has 0 N–H and O–H groups in total. The Hall–Kier alpha value is -2.18. The van der Waals surface area contributed by atoms with Gasteiger partial charge in [-0.25, -0.2) is 0 Å². The van der Waals surface area contributed by atoms with Gasteiger partial charge in [-0.2, -0.15) is 0 Å². The third-order valence-electron chi connectivity index (χ3n) is 3.93. The molecule has 0 aliphatic carbocycles. The highest BCUT2D eigenvalue weighted by molar-refractivity contribution is 6.29. The first-order valence-corrected chi connectivity index (χ1v) is 8.17. The molecule has 1 aromatic heterocycles. The molecule has 6 nitrogen and oxygen atoms in total. The number of benzene rings is 1. The van der Waals surface area contributed by atoms with Crippen LogP contribution in [0.1, 0.15) is 16.1 Å². The van der Waals surface area contributed by atoms with Crippen LogP contribution in [-0.4, -0.2) is 54.4 Å². The molecule has 3 rings (SSSR count). The highest BCUT2D eigenvalue weighted by atomic mass is 35.5. The van der Waals surface area contributed by atoms with E-state index in [9.17, 15) is 4.79 Å². The van der Waals surface area contributed by atoms with Crippen molar-refractivity contribution in [1.29, 1.82) is 0 Å². The molecule has 1 fully saturated rings. The first kappa shape index (κ1) is 16.7. The van der Waals surface area contributed by atoms with Crippen LogP contribution in [0.5, 0.6) is 0 Å². The molecule has 24 heavy (non-hydrogen) atoms. The van der Waals surface area contributed by atoms with E-state index in [-0.39, 0.29) is 16.8 Å². The average Bonchev–Trinajstić information content (AvgIpc) is 2.63. The van der Waals surface area contributed by atoms with Gasteiger partial charge in [-0.1, -0.05) is 23.7 Å². The van der Waals surface area contributed by atoms with E-state index in [1.54, 1.807) is 24.1 Å². The Morgan fingerprint density at radius 1 is 1.17 bits per heavy atom. The summed E-state index contributed by atoms with van der Waals surface area (Å²) in [5.41, 5.74) is 2.52. The van der Waals surface area contributed by atoms with Gasteiger partial charge in [0.2, 0.25) is 0 Å². The molecule has 7 heteroatoms. The molecule has 0 bridgehead atoms. The highest BCUT2D eigenvalue weighted by Gasteiger charge is 2.15. The molecular weight excluding hydrogens is 328 g/mol. The number of aromatic nitrogens is 2. The predicted molar refractivity (Wildman–Crippen MR) is 92.3 cm³/mol. The van der Waals surface area contributed by atoms with Gasteiger partial charge in [0.25, 0.3) is 5.91 Å². The quantitative estimate of drug-likeness (QED) is 0.849. The minimum atomic E-state index is -0.184. The number of anilines is 1. The minimum absolute atomic E-state index is 0.184. The second kappa shape index (κ2) is 7.59. The zero-order valence-electron chi connectivity index (χ0n) is 13.5. The van der Waals surface area contributed by atoms with Crippen LogP contribution in [0.25, 0.3) is 0 Å². The van der Waals surface area contributed by atoms with Crippen LogP contribution in [0.2, 0.25) is 5.15 Å². The van der Waals surface area contributed by atoms with Crippen molar-refractivity contribution in [3.63, 3.8) is 0 Å². The molecule has 2 heterocycles. The summed E-state index contributed by atoms with van der Waals surface area (Å²) in [6, 6.07) is 11.4. The van der Waals surface area contributed by atoms with E-state index < -0.39 is 0 Å². The first-order chi connectivity index (χ1) is 11.6. The van der Waals surface area contributed by atoms with Gasteiger partial charge in [0.1, 0.15) is 0 Å². The molecule has 0 spiro atoms. The Bertz CT molecular complexity index is 685. The van der Waals surface area contributed by atoms with Gasteiger partial charge in [0.05, 0.1) is 13.2 Å². The normalized spacial score (nSPS) is 14.5. The number of nitrogens with zero attached hydrogens (tertiary/aromatic N) is 4. The molecule has 2 aromatic rings. The standard InChI is InChI=1S/C17H19ClN4O2/c1-21(17(23)15-6-7-16(18)20-19-15)12-13-2-4-14(5-3-13)22-8-10-24-11-9-22/h2-7H,8-12H2,1H3. The molecule has 1 aromatic carbocycles. The Kier molecular flexibility index (Phi) is 5.27. The smallest absolute Gasteiger partial charge is 0.274 e. The topological polar surface area (TPSA) is 58.6 Å². The summed E-state index contributed by atoms with van der Waals surface area (Å²) in [7, 11) is 1.74. The highest BCUT2D eigenvalue weighted by Crippen LogP contribution is 2.17. The van der Waals surface area contributed by atoms with Crippen molar-refractivity contribution in [3.05, 3.63) is 52.8 Å². The Balaban J connectivity index is 1.62. The SMILES string of the molecule is CN(Cc1ccc(N2CCOCC2)cc1)C(=O)c1ccc(Cl)nn1. The van der Waals surface area contributed by atoms with Crippen LogP contribution >= 0.6 is 11.6 Å².